The summed E-state index contributed by atoms with van der Waals surface area (Å²) >= 11 is 0. The molecule has 142 valence electrons. The number of nitrogens with zero attached hydrogens (tertiary/aromatic N) is 3. The van der Waals surface area contributed by atoms with E-state index in [1.807, 2.05) is 0 Å². The highest BCUT2D eigenvalue weighted by Gasteiger charge is 2.54. The predicted molar refractivity (Wildman–Crippen MR) is 98.0 cm³/mol. The third-order valence-electron chi connectivity index (χ3n) is 4.83. The van der Waals surface area contributed by atoms with E-state index in [0.29, 0.717) is 5.71 Å². The Labute approximate surface area is 152 Å². The lowest BCUT2D eigenvalue weighted by Crippen LogP contribution is -2.66. The van der Waals surface area contributed by atoms with Crippen molar-refractivity contribution in [1.29, 1.82) is 0 Å². The third kappa shape index (κ3) is 3.92. The number of barbiturate groups is 1. The highest BCUT2D eigenvalue weighted by molar-refractivity contribution is 6.20. The zero-order chi connectivity index (χ0) is 19.3. The van der Waals surface area contributed by atoms with Crippen LogP contribution < -0.4 is 16.8 Å². The molecule has 1 aliphatic carbocycles. The monoisotopic (exact) mass is 362 g/mol. The number of urea groups is 1. The molecule has 1 saturated carbocycles. The van der Waals surface area contributed by atoms with Gasteiger partial charge in [0.05, 0.1) is 0 Å². The van der Waals surface area contributed by atoms with Gasteiger partial charge in [0.2, 0.25) is 17.8 Å². The first-order valence-corrected chi connectivity index (χ1v) is 8.74. The molecular weight excluding hydrogens is 336 g/mol. The maximum Gasteiger partial charge on any atom is 0.331 e. The number of imide groups is 2. The fraction of sp³-hybridized carbons (Fsp3) is 0.588. The van der Waals surface area contributed by atoms with Crippen LogP contribution in [0.1, 0.15) is 51.9 Å². The van der Waals surface area contributed by atoms with E-state index in [0.717, 1.165) is 32.1 Å². The minimum atomic E-state index is -1.47. The Morgan fingerprint density at radius 3 is 2.50 bits per heavy atom. The Kier molecular flexibility index (Phi) is 6.12. The van der Waals surface area contributed by atoms with Crippen LogP contribution in [0.4, 0.5) is 4.79 Å². The van der Waals surface area contributed by atoms with E-state index in [2.05, 4.69) is 22.1 Å². The summed E-state index contributed by atoms with van der Waals surface area (Å²) in [6, 6.07) is -0.839. The van der Waals surface area contributed by atoms with Gasteiger partial charge in [0.25, 0.3) is 0 Å². The maximum absolute atomic E-state index is 13.3. The predicted octanol–water partition coefficient (Wildman–Crippen LogP) is 0.999. The number of carbonyl (C=O) groups excluding carboxylic acids is 3. The molecule has 0 aromatic rings. The van der Waals surface area contributed by atoms with Crippen molar-refractivity contribution < 1.29 is 14.4 Å². The summed E-state index contributed by atoms with van der Waals surface area (Å²) in [4.78, 5) is 39.5. The fourth-order valence-electron chi connectivity index (χ4n) is 3.64. The molecule has 2 rings (SSSR count). The van der Waals surface area contributed by atoms with Crippen molar-refractivity contribution in [2.45, 2.75) is 57.9 Å². The molecule has 26 heavy (non-hydrogen) atoms. The lowest BCUT2D eigenvalue weighted by atomic mass is 9.75. The minimum absolute atomic E-state index is 0.00301. The van der Waals surface area contributed by atoms with Gasteiger partial charge in [-0.05, 0) is 26.2 Å². The van der Waals surface area contributed by atoms with Gasteiger partial charge in [-0.1, -0.05) is 25.3 Å². The summed E-state index contributed by atoms with van der Waals surface area (Å²) in [5.74, 6) is -1.36. The van der Waals surface area contributed by atoms with E-state index in [1.165, 1.54) is 11.0 Å². The van der Waals surface area contributed by atoms with E-state index >= 15 is 0 Å². The summed E-state index contributed by atoms with van der Waals surface area (Å²) in [7, 11) is 0. The molecule has 9 heteroatoms. The highest BCUT2D eigenvalue weighted by Crippen LogP contribution is 2.36. The Hall–Kier alpha value is -2.71. The third-order valence-corrected chi connectivity index (χ3v) is 4.83. The molecule has 1 unspecified atom stereocenters. The van der Waals surface area contributed by atoms with Gasteiger partial charge in [-0.25, -0.2) is 4.79 Å². The Morgan fingerprint density at radius 2 is 1.92 bits per heavy atom. The Balaban J connectivity index is 2.38. The molecule has 0 spiro atoms. The molecule has 0 aromatic carbocycles. The van der Waals surface area contributed by atoms with Crippen LogP contribution in [0.25, 0.3) is 0 Å². The van der Waals surface area contributed by atoms with Gasteiger partial charge in [-0.2, -0.15) is 5.10 Å². The molecule has 0 radical (unpaired) electrons. The lowest BCUT2D eigenvalue weighted by Gasteiger charge is -2.43. The molecule has 5 N–H and O–H groups in total. The van der Waals surface area contributed by atoms with Crippen molar-refractivity contribution in [3.63, 3.8) is 0 Å². The van der Waals surface area contributed by atoms with Gasteiger partial charge in [-0.15, -0.1) is 11.7 Å². The molecule has 4 amide bonds. The van der Waals surface area contributed by atoms with E-state index in [1.54, 1.807) is 6.92 Å². The highest BCUT2D eigenvalue weighted by atomic mass is 16.2. The summed E-state index contributed by atoms with van der Waals surface area (Å²) in [5, 5.41) is 9.76. The topological polar surface area (TPSA) is 143 Å². The van der Waals surface area contributed by atoms with E-state index in [9.17, 15) is 14.4 Å². The SMILES string of the molecule is C=CCC1(C/C(C)=N/N=C(N)N)C(=O)NC(=O)N(C2CCCCC2)C1=O. The smallest absolute Gasteiger partial charge is 0.331 e. The van der Waals surface area contributed by atoms with Crippen LogP contribution in [0.15, 0.2) is 22.9 Å². The van der Waals surface area contributed by atoms with Crippen molar-refractivity contribution in [2.24, 2.45) is 27.1 Å². The fourth-order valence-corrected chi connectivity index (χ4v) is 3.64. The van der Waals surface area contributed by atoms with Crippen LogP contribution in [0.2, 0.25) is 0 Å². The van der Waals surface area contributed by atoms with Crippen LogP contribution in [0, 0.1) is 5.41 Å². The van der Waals surface area contributed by atoms with Crippen molar-refractivity contribution in [3.8, 4) is 0 Å². The van der Waals surface area contributed by atoms with Gasteiger partial charge in [0.1, 0.15) is 5.41 Å². The summed E-state index contributed by atoms with van der Waals surface area (Å²) in [6.07, 6.45) is 6.07. The van der Waals surface area contributed by atoms with E-state index in [4.69, 9.17) is 11.5 Å². The minimum Gasteiger partial charge on any atom is -0.369 e. The lowest BCUT2D eigenvalue weighted by molar-refractivity contribution is -0.152. The number of nitrogens with two attached hydrogens (primary N) is 2. The first-order chi connectivity index (χ1) is 12.3. The molecule has 1 aliphatic heterocycles. The number of nitrogens with one attached hydrogen (secondary N) is 1. The van der Waals surface area contributed by atoms with Gasteiger partial charge in [0.15, 0.2) is 0 Å². The second-order valence-corrected chi connectivity index (χ2v) is 6.84. The van der Waals surface area contributed by atoms with E-state index < -0.39 is 23.3 Å². The van der Waals surface area contributed by atoms with Gasteiger partial charge >= 0.3 is 6.03 Å². The summed E-state index contributed by atoms with van der Waals surface area (Å²) < 4.78 is 0. The summed E-state index contributed by atoms with van der Waals surface area (Å²) in [5.41, 5.74) is 9.46. The standard InChI is InChI=1S/C17H26N6O3/c1-3-9-17(10-11(2)21-22-15(18)19)13(24)20-16(26)23(14(17)25)12-7-5-4-6-8-12/h3,12H,1,4-10H2,2H3,(H4,18,19,22)(H,20,24,26)/b21-11+. The van der Waals surface area contributed by atoms with Crippen molar-refractivity contribution in [3.05, 3.63) is 12.7 Å². The Bertz CT molecular complexity index is 661. The maximum atomic E-state index is 13.3. The number of rotatable bonds is 6. The quantitative estimate of drug-likeness (QED) is 0.212. The normalized spacial score (nSPS) is 25.0. The number of allylic oxidation sites excluding steroid dienone is 1. The van der Waals surface area contributed by atoms with Crippen LogP contribution >= 0.6 is 0 Å². The van der Waals surface area contributed by atoms with Crippen LogP contribution in [-0.4, -0.2) is 40.5 Å². The van der Waals surface area contributed by atoms with Crippen molar-refractivity contribution in [1.82, 2.24) is 10.2 Å². The second-order valence-electron chi connectivity index (χ2n) is 6.84. The van der Waals surface area contributed by atoms with Crippen LogP contribution in [0.5, 0.6) is 0 Å². The van der Waals surface area contributed by atoms with Gasteiger partial charge < -0.3 is 11.5 Å². The first kappa shape index (κ1) is 19.6. The molecule has 9 nitrogen and oxygen atoms in total. The zero-order valence-corrected chi connectivity index (χ0v) is 15.0. The van der Waals surface area contributed by atoms with Crippen molar-refractivity contribution >= 4 is 29.5 Å². The average molecular weight is 362 g/mol. The largest absolute Gasteiger partial charge is 0.369 e. The van der Waals surface area contributed by atoms with Gasteiger partial charge in [0, 0.05) is 18.2 Å². The molecule has 1 saturated heterocycles. The molecule has 0 aromatic heterocycles. The molecule has 1 heterocycles. The first-order valence-electron chi connectivity index (χ1n) is 8.74. The zero-order valence-electron chi connectivity index (χ0n) is 15.0. The van der Waals surface area contributed by atoms with Gasteiger partial charge in [-0.3, -0.25) is 19.8 Å². The molecule has 0 bridgehead atoms. The number of carbonyl (C=O) groups is 3. The number of guanidine groups is 1. The number of amides is 4. The van der Waals surface area contributed by atoms with Crippen LogP contribution in [0.3, 0.4) is 0 Å². The molecule has 1 atom stereocenters. The molecule has 2 aliphatic rings. The molecule has 2 fully saturated rings. The van der Waals surface area contributed by atoms with Crippen molar-refractivity contribution in [2.75, 3.05) is 0 Å². The Morgan fingerprint density at radius 1 is 1.27 bits per heavy atom. The van der Waals surface area contributed by atoms with E-state index in [-0.39, 0.29) is 24.8 Å². The number of hydrogen-bond acceptors (Lipinski definition) is 5. The molecular formula is C17H26N6O3. The summed E-state index contributed by atoms with van der Waals surface area (Å²) in [6.45, 7) is 5.29. The van der Waals surface area contributed by atoms with Crippen LogP contribution in [-0.2, 0) is 9.59 Å². The number of hydrogen-bond donors (Lipinski definition) is 3. The second kappa shape index (κ2) is 8.11. The average Bonchev–Trinajstić information content (AvgIpc) is 2.59.